The molecule has 0 radical (unpaired) electrons. The van der Waals surface area contributed by atoms with Crippen LogP contribution < -0.4 is 25.0 Å². The van der Waals surface area contributed by atoms with Gasteiger partial charge in [-0.2, -0.15) is 0 Å². The van der Waals surface area contributed by atoms with Crippen LogP contribution in [0.5, 0.6) is 11.5 Å². The van der Waals surface area contributed by atoms with Gasteiger partial charge in [-0.05, 0) is 24.6 Å². The molecule has 2 saturated heterocycles. The van der Waals surface area contributed by atoms with Crippen LogP contribution in [0.15, 0.2) is 47.0 Å². The van der Waals surface area contributed by atoms with Crippen molar-refractivity contribution in [1.82, 2.24) is 15.2 Å². The molecule has 0 amide bonds. The van der Waals surface area contributed by atoms with Crippen LogP contribution in [0.3, 0.4) is 0 Å². The number of benzene rings is 2. The molecule has 5 rings (SSSR count). The van der Waals surface area contributed by atoms with E-state index >= 15 is 0 Å². The number of morpholine rings is 1. The van der Waals surface area contributed by atoms with Gasteiger partial charge in [0.1, 0.15) is 30.5 Å². The molecule has 3 aromatic rings. The molecule has 0 bridgehead atoms. The first-order valence-corrected chi connectivity index (χ1v) is 12.6. The van der Waals surface area contributed by atoms with Crippen molar-refractivity contribution in [3.8, 4) is 22.8 Å². The number of aryl methyl sites for hydroxylation is 1. The third-order valence-electron chi connectivity index (χ3n) is 6.51. The lowest BCUT2D eigenvalue weighted by Gasteiger charge is -2.26. The summed E-state index contributed by atoms with van der Waals surface area (Å²) in [5.74, 6) is 0.735. The predicted octanol–water partition coefficient (Wildman–Crippen LogP) is 3.08. The quantitative estimate of drug-likeness (QED) is 0.386. The minimum absolute atomic E-state index is 0.215. The van der Waals surface area contributed by atoms with Gasteiger partial charge in [0.05, 0.1) is 32.5 Å². The lowest BCUT2D eigenvalue weighted by Crippen LogP contribution is -3.05. The van der Waals surface area contributed by atoms with Crippen molar-refractivity contribution in [2.24, 2.45) is 0 Å². The largest absolute Gasteiger partial charge is 0.573 e. The molecule has 38 heavy (non-hydrogen) atoms. The molecule has 1 atom stereocenters. The summed E-state index contributed by atoms with van der Waals surface area (Å²) in [5.41, 5.74) is 2.83. The van der Waals surface area contributed by atoms with E-state index in [9.17, 15) is 13.2 Å². The second kappa shape index (κ2) is 11.6. The molecule has 2 aliphatic rings. The molecule has 9 nitrogen and oxygen atoms in total. The number of anilines is 2. The highest BCUT2D eigenvalue weighted by Crippen LogP contribution is 2.33. The van der Waals surface area contributed by atoms with Gasteiger partial charge < -0.3 is 23.9 Å². The highest BCUT2D eigenvalue weighted by atomic mass is 19.4. The molecule has 204 valence electrons. The summed E-state index contributed by atoms with van der Waals surface area (Å²) in [6.45, 7) is 8.75. The Morgan fingerprint density at radius 3 is 2.74 bits per heavy atom. The number of aromatic nitrogens is 1. The summed E-state index contributed by atoms with van der Waals surface area (Å²) in [6.07, 6.45) is -3.32. The number of nitrogens with one attached hydrogen (secondary N) is 3. The second-order valence-corrected chi connectivity index (χ2v) is 9.26. The zero-order valence-electron chi connectivity index (χ0n) is 21.1. The number of hydrogen-bond acceptors (Lipinski definition) is 8. The van der Waals surface area contributed by atoms with Gasteiger partial charge in [0.25, 0.3) is 6.01 Å². The molecule has 1 aromatic heterocycles. The molecule has 1 unspecified atom stereocenters. The number of ether oxygens (including phenoxy) is 3. The number of halogens is 3. The summed E-state index contributed by atoms with van der Waals surface area (Å²) in [6, 6.07) is 10.4. The summed E-state index contributed by atoms with van der Waals surface area (Å²) >= 11 is 0. The van der Waals surface area contributed by atoms with Gasteiger partial charge in [0, 0.05) is 49.1 Å². The van der Waals surface area contributed by atoms with Gasteiger partial charge in [0.15, 0.2) is 5.76 Å². The zero-order valence-corrected chi connectivity index (χ0v) is 21.1. The highest BCUT2D eigenvalue weighted by Gasteiger charge is 2.32. The van der Waals surface area contributed by atoms with Gasteiger partial charge in [-0.25, -0.2) is 4.98 Å². The standard InChI is InChI=1S/C26H30F3N5O4/c1-18-2-3-21(36-11-8-33-6-9-35-10-7-33)15-23(18)32-25-31-16-24(37-25)19-12-20(34-5-4-30-17-34)14-22(13-19)38-26(27,28)29/h2-3,12-16,30H,4-11,17H2,1H3,(H,31,32)/p+1. The van der Waals surface area contributed by atoms with E-state index in [-0.39, 0.29) is 11.8 Å². The van der Waals surface area contributed by atoms with Crippen molar-refractivity contribution in [2.45, 2.75) is 13.3 Å². The molecule has 12 heteroatoms. The summed E-state index contributed by atoms with van der Waals surface area (Å²) in [4.78, 5) is 7.60. The van der Waals surface area contributed by atoms with E-state index in [4.69, 9.17) is 13.9 Å². The van der Waals surface area contributed by atoms with Crippen LogP contribution in [-0.2, 0) is 4.74 Å². The molecular formula is C26H31F3N5O4+. The SMILES string of the molecule is Cc1ccc(OCCN2CCOCC2)cc1Nc1ncc(-c2cc(OC(F)(F)F)cc([NH+]3CCNC3)c2)o1. The van der Waals surface area contributed by atoms with E-state index in [1.54, 1.807) is 6.07 Å². The molecule has 2 aromatic carbocycles. The monoisotopic (exact) mass is 534 g/mol. The van der Waals surface area contributed by atoms with Crippen molar-refractivity contribution in [3.63, 3.8) is 0 Å². The van der Waals surface area contributed by atoms with Crippen LogP contribution in [0.4, 0.5) is 30.6 Å². The maximum absolute atomic E-state index is 13.0. The minimum atomic E-state index is -4.80. The van der Waals surface area contributed by atoms with E-state index in [2.05, 4.69) is 25.3 Å². The van der Waals surface area contributed by atoms with Gasteiger partial charge in [0.2, 0.25) is 0 Å². The fourth-order valence-corrected chi connectivity index (χ4v) is 4.47. The molecule has 3 heterocycles. The lowest BCUT2D eigenvalue weighted by molar-refractivity contribution is -0.819. The third-order valence-corrected chi connectivity index (χ3v) is 6.51. The smallest absolute Gasteiger partial charge is 0.492 e. The van der Waals surface area contributed by atoms with Crippen molar-refractivity contribution in [3.05, 3.63) is 48.2 Å². The summed E-state index contributed by atoms with van der Waals surface area (Å²) in [5, 5.41) is 6.36. The van der Waals surface area contributed by atoms with Crippen LogP contribution in [0.25, 0.3) is 11.3 Å². The van der Waals surface area contributed by atoms with E-state index in [0.717, 1.165) is 62.1 Å². The number of rotatable bonds is 9. The Kier molecular flexibility index (Phi) is 8.03. The van der Waals surface area contributed by atoms with Crippen molar-refractivity contribution >= 4 is 17.4 Å². The molecule has 2 aliphatic heterocycles. The Balaban J connectivity index is 1.29. The van der Waals surface area contributed by atoms with Gasteiger partial charge in [-0.1, -0.05) is 6.07 Å². The average molecular weight is 535 g/mol. The highest BCUT2D eigenvalue weighted by molar-refractivity contribution is 5.66. The first-order valence-electron chi connectivity index (χ1n) is 12.6. The van der Waals surface area contributed by atoms with E-state index in [1.165, 1.54) is 18.3 Å². The third kappa shape index (κ3) is 6.95. The Hall–Kier alpha value is -3.32. The lowest BCUT2D eigenvalue weighted by atomic mass is 10.1. The van der Waals surface area contributed by atoms with E-state index in [0.29, 0.717) is 36.0 Å². The number of alkyl halides is 3. The van der Waals surface area contributed by atoms with Crippen LogP contribution in [0.2, 0.25) is 0 Å². The first-order chi connectivity index (χ1) is 18.3. The fraction of sp³-hybridized carbons (Fsp3) is 0.423. The maximum atomic E-state index is 13.0. The van der Waals surface area contributed by atoms with Crippen molar-refractivity contribution < 1.29 is 36.7 Å². The summed E-state index contributed by atoms with van der Waals surface area (Å²) < 4.78 is 60.3. The Bertz CT molecular complexity index is 1220. The molecule has 3 N–H and O–H groups in total. The van der Waals surface area contributed by atoms with Gasteiger partial charge >= 0.3 is 6.36 Å². The van der Waals surface area contributed by atoms with E-state index < -0.39 is 6.36 Å². The Morgan fingerprint density at radius 1 is 1.13 bits per heavy atom. The average Bonchev–Trinajstić information content (AvgIpc) is 3.58. The van der Waals surface area contributed by atoms with E-state index in [1.807, 2.05) is 25.1 Å². The van der Waals surface area contributed by atoms with Crippen LogP contribution in [-0.4, -0.2) is 75.5 Å². The molecule has 0 spiro atoms. The number of hydrogen-bond donors (Lipinski definition) is 3. The number of quaternary nitrogens is 1. The zero-order chi connectivity index (χ0) is 26.5. The Labute approximate surface area is 218 Å². The number of oxazole rings is 1. The normalized spacial score (nSPS) is 18.5. The topological polar surface area (TPSA) is 85.5 Å². The molecule has 0 aliphatic carbocycles. The fourth-order valence-electron chi connectivity index (χ4n) is 4.47. The second-order valence-electron chi connectivity index (χ2n) is 9.26. The first kappa shape index (κ1) is 26.3. The Morgan fingerprint density at radius 2 is 1.97 bits per heavy atom. The predicted molar refractivity (Wildman–Crippen MR) is 134 cm³/mol. The van der Waals surface area contributed by atoms with Crippen LogP contribution in [0, 0.1) is 6.92 Å². The van der Waals surface area contributed by atoms with Gasteiger partial charge in [-0.15, -0.1) is 13.2 Å². The van der Waals surface area contributed by atoms with Gasteiger partial charge in [-0.3, -0.25) is 15.1 Å². The summed E-state index contributed by atoms with van der Waals surface area (Å²) in [7, 11) is 0. The van der Waals surface area contributed by atoms with Crippen LogP contribution in [0.1, 0.15) is 5.56 Å². The molecule has 2 fully saturated rings. The van der Waals surface area contributed by atoms with Crippen LogP contribution >= 0.6 is 0 Å². The number of nitrogens with zero attached hydrogens (tertiary/aromatic N) is 2. The molecular weight excluding hydrogens is 503 g/mol. The minimum Gasteiger partial charge on any atom is -0.492 e. The van der Waals surface area contributed by atoms with Crippen molar-refractivity contribution in [2.75, 3.05) is 64.5 Å². The molecule has 0 saturated carbocycles. The van der Waals surface area contributed by atoms with Crippen molar-refractivity contribution in [1.29, 1.82) is 0 Å². The maximum Gasteiger partial charge on any atom is 0.573 e.